The van der Waals surface area contributed by atoms with Gasteiger partial charge in [0.25, 0.3) is 0 Å². The SMILES string of the molecule is C=C(C)c1ccc(-c2nnc(-c3ccc(-c4nnc(-c5cccc(O)c5)o4)cc3)o2)cc1. The molecule has 32 heavy (non-hydrogen) atoms. The van der Waals surface area contributed by atoms with Crippen LogP contribution < -0.4 is 0 Å². The molecule has 7 nitrogen and oxygen atoms in total. The quantitative estimate of drug-likeness (QED) is 0.379. The predicted octanol–water partition coefficient (Wildman–Crippen LogP) is 5.86. The zero-order chi connectivity index (χ0) is 22.1. The Morgan fingerprint density at radius 3 is 1.53 bits per heavy atom. The van der Waals surface area contributed by atoms with Crippen LogP contribution in [0.4, 0.5) is 0 Å². The zero-order valence-corrected chi connectivity index (χ0v) is 17.2. The minimum atomic E-state index is 0.136. The van der Waals surface area contributed by atoms with Gasteiger partial charge in [0.15, 0.2) is 0 Å². The molecule has 2 aromatic heterocycles. The first kappa shape index (κ1) is 19.4. The lowest BCUT2D eigenvalue weighted by Crippen LogP contribution is -1.81. The van der Waals surface area contributed by atoms with Crippen molar-refractivity contribution in [1.29, 1.82) is 0 Å². The molecule has 0 amide bonds. The van der Waals surface area contributed by atoms with Crippen LogP contribution in [0, 0.1) is 0 Å². The Hall–Kier alpha value is -4.52. The van der Waals surface area contributed by atoms with Gasteiger partial charge in [-0.1, -0.05) is 30.4 Å². The van der Waals surface area contributed by atoms with E-state index in [0.29, 0.717) is 29.1 Å². The van der Waals surface area contributed by atoms with E-state index in [1.807, 2.05) is 55.5 Å². The lowest BCUT2D eigenvalue weighted by Gasteiger charge is -2.00. The Kier molecular flexibility index (Phi) is 4.84. The van der Waals surface area contributed by atoms with Gasteiger partial charge in [-0.3, -0.25) is 0 Å². The summed E-state index contributed by atoms with van der Waals surface area (Å²) < 4.78 is 11.6. The fraction of sp³-hybridized carbons (Fsp3) is 0.0400. The Morgan fingerprint density at radius 2 is 1.09 bits per heavy atom. The van der Waals surface area contributed by atoms with E-state index in [0.717, 1.165) is 27.8 Å². The minimum Gasteiger partial charge on any atom is -0.508 e. The zero-order valence-electron chi connectivity index (χ0n) is 17.2. The van der Waals surface area contributed by atoms with Crippen molar-refractivity contribution in [3.63, 3.8) is 0 Å². The van der Waals surface area contributed by atoms with Gasteiger partial charge in [-0.2, -0.15) is 0 Å². The molecule has 0 aliphatic carbocycles. The van der Waals surface area contributed by atoms with Gasteiger partial charge in [-0.25, -0.2) is 0 Å². The van der Waals surface area contributed by atoms with E-state index in [1.165, 1.54) is 0 Å². The maximum absolute atomic E-state index is 9.63. The van der Waals surface area contributed by atoms with Crippen LogP contribution in [-0.4, -0.2) is 25.5 Å². The monoisotopic (exact) mass is 422 g/mol. The number of aromatic hydroxyl groups is 1. The van der Waals surface area contributed by atoms with Gasteiger partial charge in [-0.15, -0.1) is 20.4 Å². The summed E-state index contributed by atoms with van der Waals surface area (Å²) in [6.07, 6.45) is 0. The molecule has 0 atom stereocenters. The summed E-state index contributed by atoms with van der Waals surface area (Å²) in [4.78, 5) is 0. The first-order valence-electron chi connectivity index (χ1n) is 9.90. The fourth-order valence-corrected chi connectivity index (χ4v) is 3.20. The number of rotatable bonds is 5. The first-order chi connectivity index (χ1) is 15.6. The van der Waals surface area contributed by atoms with Gasteiger partial charge in [0.05, 0.1) is 0 Å². The second kappa shape index (κ2) is 7.96. The maximum atomic E-state index is 9.63. The van der Waals surface area contributed by atoms with Crippen LogP contribution >= 0.6 is 0 Å². The summed E-state index contributed by atoms with van der Waals surface area (Å²) in [5.41, 5.74) is 5.09. The van der Waals surface area contributed by atoms with Gasteiger partial charge in [-0.05, 0) is 67.1 Å². The fourth-order valence-electron chi connectivity index (χ4n) is 3.20. The van der Waals surface area contributed by atoms with E-state index in [4.69, 9.17) is 8.83 Å². The van der Waals surface area contributed by atoms with Crippen molar-refractivity contribution >= 4 is 5.57 Å². The first-order valence-corrected chi connectivity index (χ1v) is 9.90. The summed E-state index contributed by atoms with van der Waals surface area (Å²) in [5.74, 6) is 1.71. The van der Waals surface area contributed by atoms with Crippen LogP contribution in [0.15, 0.2) is 88.2 Å². The average molecular weight is 422 g/mol. The van der Waals surface area contributed by atoms with E-state index >= 15 is 0 Å². The van der Waals surface area contributed by atoms with Gasteiger partial charge in [0, 0.05) is 22.3 Å². The van der Waals surface area contributed by atoms with Crippen molar-refractivity contribution < 1.29 is 13.9 Å². The third-order valence-electron chi connectivity index (χ3n) is 4.95. The number of phenols is 1. The van der Waals surface area contributed by atoms with E-state index in [2.05, 4.69) is 27.0 Å². The molecule has 0 aliphatic heterocycles. The smallest absolute Gasteiger partial charge is 0.248 e. The number of hydrogen-bond acceptors (Lipinski definition) is 7. The summed E-state index contributed by atoms with van der Waals surface area (Å²) in [6, 6.07) is 21.9. The molecule has 7 heteroatoms. The summed E-state index contributed by atoms with van der Waals surface area (Å²) >= 11 is 0. The molecule has 0 saturated carbocycles. The number of allylic oxidation sites excluding steroid dienone is 1. The van der Waals surface area contributed by atoms with Crippen LogP contribution in [0.1, 0.15) is 12.5 Å². The van der Waals surface area contributed by atoms with Crippen molar-refractivity contribution in [2.75, 3.05) is 0 Å². The normalized spacial score (nSPS) is 10.9. The Morgan fingerprint density at radius 1 is 0.656 bits per heavy atom. The number of hydrogen-bond donors (Lipinski definition) is 1. The van der Waals surface area contributed by atoms with Crippen LogP contribution in [0.2, 0.25) is 0 Å². The highest BCUT2D eigenvalue weighted by Gasteiger charge is 2.14. The lowest BCUT2D eigenvalue weighted by atomic mass is 10.1. The molecule has 0 spiro atoms. The van der Waals surface area contributed by atoms with E-state index < -0.39 is 0 Å². The topological polar surface area (TPSA) is 98.1 Å². The van der Waals surface area contributed by atoms with E-state index in [-0.39, 0.29) is 5.75 Å². The highest BCUT2D eigenvalue weighted by Crippen LogP contribution is 2.29. The van der Waals surface area contributed by atoms with E-state index in [9.17, 15) is 5.11 Å². The molecule has 5 aromatic rings. The van der Waals surface area contributed by atoms with Gasteiger partial charge in [0.1, 0.15) is 5.75 Å². The van der Waals surface area contributed by atoms with Crippen molar-refractivity contribution in [1.82, 2.24) is 20.4 Å². The molecule has 0 bridgehead atoms. The molecular weight excluding hydrogens is 404 g/mol. The summed E-state index contributed by atoms with van der Waals surface area (Å²) in [6.45, 7) is 5.91. The third kappa shape index (κ3) is 3.79. The van der Waals surface area contributed by atoms with Crippen molar-refractivity contribution in [3.8, 4) is 51.6 Å². The molecule has 0 radical (unpaired) electrons. The highest BCUT2D eigenvalue weighted by atomic mass is 16.4. The largest absolute Gasteiger partial charge is 0.508 e. The Labute approximate surface area is 183 Å². The maximum Gasteiger partial charge on any atom is 0.248 e. The van der Waals surface area contributed by atoms with E-state index in [1.54, 1.807) is 24.3 Å². The summed E-state index contributed by atoms with van der Waals surface area (Å²) in [7, 11) is 0. The number of nitrogens with zero attached hydrogens (tertiary/aromatic N) is 4. The molecule has 1 N–H and O–H groups in total. The Balaban J connectivity index is 1.36. The van der Waals surface area contributed by atoms with Crippen molar-refractivity contribution in [3.05, 3.63) is 84.9 Å². The molecule has 156 valence electrons. The van der Waals surface area contributed by atoms with Gasteiger partial charge in [0.2, 0.25) is 23.6 Å². The van der Waals surface area contributed by atoms with Crippen LogP contribution in [0.5, 0.6) is 5.75 Å². The highest BCUT2D eigenvalue weighted by molar-refractivity contribution is 5.66. The van der Waals surface area contributed by atoms with Gasteiger partial charge >= 0.3 is 0 Å². The van der Waals surface area contributed by atoms with Gasteiger partial charge < -0.3 is 13.9 Å². The molecule has 0 unspecified atom stereocenters. The lowest BCUT2D eigenvalue weighted by molar-refractivity contribution is 0.475. The summed E-state index contributed by atoms with van der Waals surface area (Å²) in [5, 5.41) is 26.1. The molecule has 2 heterocycles. The van der Waals surface area contributed by atoms with Crippen LogP contribution in [0.3, 0.4) is 0 Å². The second-order valence-electron chi connectivity index (χ2n) is 7.31. The number of phenolic OH excluding ortho intramolecular Hbond substituents is 1. The minimum absolute atomic E-state index is 0.136. The van der Waals surface area contributed by atoms with Crippen LogP contribution in [0.25, 0.3) is 51.4 Å². The Bertz CT molecular complexity index is 1400. The average Bonchev–Trinajstić information content (AvgIpc) is 3.50. The predicted molar refractivity (Wildman–Crippen MR) is 120 cm³/mol. The molecule has 3 aromatic carbocycles. The number of aromatic nitrogens is 4. The molecule has 0 fully saturated rings. The van der Waals surface area contributed by atoms with Crippen molar-refractivity contribution in [2.45, 2.75) is 6.92 Å². The third-order valence-corrected chi connectivity index (χ3v) is 4.95. The molecular formula is C25H18N4O3. The molecule has 0 saturated heterocycles. The molecule has 0 aliphatic rings. The van der Waals surface area contributed by atoms with Crippen molar-refractivity contribution in [2.24, 2.45) is 0 Å². The van der Waals surface area contributed by atoms with Crippen LogP contribution in [-0.2, 0) is 0 Å². The second-order valence-corrected chi connectivity index (χ2v) is 7.31. The number of benzene rings is 3. The molecule has 5 rings (SSSR count). The standard InChI is InChI=1S/C25H18N4O3/c1-15(2)16-6-8-17(9-7-16)22-26-27-23(31-22)18-10-12-19(13-11-18)24-28-29-25(32-24)20-4-3-5-21(30)14-20/h3-14,30H,1H2,2H3.